The van der Waals surface area contributed by atoms with Crippen LogP contribution in [0.3, 0.4) is 0 Å². The van der Waals surface area contributed by atoms with Crippen LogP contribution in [0.5, 0.6) is 0 Å². The zero-order valence-corrected chi connectivity index (χ0v) is 9.82. The molecular formula is C9H15ClF3NO2. The van der Waals surface area contributed by atoms with Crippen molar-refractivity contribution < 1.29 is 22.7 Å². The second-order valence-electron chi connectivity index (χ2n) is 4.46. The van der Waals surface area contributed by atoms with Crippen molar-refractivity contribution in [2.45, 2.75) is 44.5 Å². The molecule has 2 N–H and O–H groups in total. The van der Waals surface area contributed by atoms with Crippen LogP contribution in [0, 0.1) is 5.92 Å². The largest absolute Gasteiger partial charge is 0.461 e. The lowest BCUT2D eigenvalue weighted by molar-refractivity contribution is -0.221. The molecule has 0 aromatic heterocycles. The lowest BCUT2D eigenvalue weighted by atomic mass is 9.81. The minimum atomic E-state index is -4.18. The van der Waals surface area contributed by atoms with Crippen molar-refractivity contribution in [2.24, 2.45) is 11.7 Å². The highest BCUT2D eigenvalue weighted by molar-refractivity contribution is 5.85. The zero-order valence-electron chi connectivity index (χ0n) is 9.00. The van der Waals surface area contributed by atoms with Crippen LogP contribution in [0.1, 0.15) is 26.7 Å². The maximum Gasteiger partial charge on any atom is 0.392 e. The molecule has 0 radical (unpaired) electrons. The van der Waals surface area contributed by atoms with Gasteiger partial charge in [0.1, 0.15) is 11.6 Å². The molecule has 16 heavy (non-hydrogen) atoms. The summed E-state index contributed by atoms with van der Waals surface area (Å²) in [5.74, 6) is -2.00. The summed E-state index contributed by atoms with van der Waals surface area (Å²) in [7, 11) is 0. The van der Waals surface area contributed by atoms with Crippen molar-refractivity contribution in [3.05, 3.63) is 0 Å². The lowest BCUT2D eigenvalue weighted by Crippen LogP contribution is -2.48. The van der Waals surface area contributed by atoms with Crippen LogP contribution < -0.4 is 5.73 Å². The van der Waals surface area contributed by atoms with E-state index in [1.54, 1.807) is 0 Å². The minimum Gasteiger partial charge on any atom is -0.461 e. The smallest absolute Gasteiger partial charge is 0.392 e. The van der Waals surface area contributed by atoms with E-state index in [1.807, 2.05) is 0 Å². The predicted molar refractivity (Wildman–Crippen MR) is 54.2 cm³/mol. The molecule has 0 saturated heterocycles. The van der Waals surface area contributed by atoms with Crippen molar-refractivity contribution >= 4 is 18.4 Å². The van der Waals surface area contributed by atoms with Crippen LogP contribution in [-0.4, -0.2) is 23.8 Å². The van der Waals surface area contributed by atoms with E-state index < -0.39 is 29.7 Å². The van der Waals surface area contributed by atoms with Crippen LogP contribution in [-0.2, 0) is 9.53 Å². The Bertz CT molecular complexity index is 256. The Morgan fingerprint density at radius 3 is 2.06 bits per heavy atom. The number of hydrogen-bond donors (Lipinski definition) is 1. The predicted octanol–water partition coefficient (Wildman–Crippen LogP) is 2.03. The molecular weight excluding hydrogens is 247 g/mol. The molecule has 1 saturated carbocycles. The molecule has 0 aliphatic heterocycles. The Hall–Kier alpha value is -0.490. The van der Waals surface area contributed by atoms with E-state index in [0.717, 1.165) is 0 Å². The summed E-state index contributed by atoms with van der Waals surface area (Å²) in [6.07, 6.45) is -5.11. The van der Waals surface area contributed by atoms with Gasteiger partial charge in [-0.2, -0.15) is 13.2 Å². The van der Waals surface area contributed by atoms with Crippen LogP contribution >= 0.6 is 12.4 Å². The zero-order chi connectivity index (χ0) is 11.9. The Morgan fingerprint density at radius 2 is 1.75 bits per heavy atom. The van der Waals surface area contributed by atoms with Crippen molar-refractivity contribution in [1.82, 2.24) is 0 Å². The fourth-order valence-electron chi connectivity index (χ4n) is 1.23. The quantitative estimate of drug-likeness (QED) is 0.774. The summed E-state index contributed by atoms with van der Waals surface area (Å²) >= 11 is 0. The molecule has 0 atom stereocenters. The van der Waals surface area contributed by atoms with Crippen molar-refractivity contribution in [2.75, 3.05) is 0 Å². The fraction of sp³-hybridized carbons (Fsp3) is 0.889. The van der Waals surface area contributed by atoms with Crippen molar-refractivity contribution in [1.29, 1.82) is 0 Å². The van der Waals surface area contributed by atoms with Gasteiger partial charge in [0.2, 0.25) is 0 Å². The van der Waals surface area contributed by atoms with Gasteiger partial charge in [0.15, 0.2) is 0 Å². The summed E-state index contributed by atoms with van der Waals surface area (Å²) in [5.41, 5.74) is 4.28. The molecule has 1 aliphatic carbocycles. The standard InChI is InChI=1S/C9H14F3NO2.ClH/c1-8(2,13)7(14)15-6-3-5(4-6)9(10,11)12;/h5-6H,3-4,13H2,1-2H3;1H. The highest BCUT2D eigenvalue weighted by Gasteiger charge is 2.49. The van der Waals surface area contributed by atoms with Gasteiger partial charge in [-0.05, 0) is 26.7 Å². The Kier molecular flexibility index (Phi) is 4.64. The maximum absolute atomic E-state index is 12.1. The highest BCUT2D eigenvalue weighted by Crippen LogP contribution is 2.42. The van der Waals surface area contributed by atoms with Gasteiger partial charge in [-0.1, -0.05) is 0 Å². The van der Waals surface area contributed by atoms with Gasteiger partial charge in [-0.3, -0.25) is 4.79 Å². The first kappa shape index (κ1) is 15.5. The number of hydrogen-bond acceptors (Lipinski definition) is 3. The number of ether oxygens (including phenoxy) is 1. The van der Waals surface area contributed by atoms with Crippen LogP contribution in [0.4, 0.5) is 13.2 Å². The second kappa shape index (κ2) is 4.79. The van der Waals surface area contributed by atoms with Gasteiger partial charge in [0.25, 0.3) is 0 Å². The van der Waals surface area contributed by atoms with Gasteiger partial charge in [-0.25, -0.2) is 0 Å². The van der Waals surface area contributed by atoms with Crippen molar-refractivity contribution in [3.63, 3.8) is 0 Å². The second-order valence-corrected chi connectivity index (χ2v) is 4.46. The number of carbonyl (C=O) groups is 1. The number of carbonyl (C=O) groups excluding carboxylic acids is 1. The van der Waals surface area contributed by atoms with Gasteiger partial charge in [0, 0.05) is 0 Å². The minimum absolute atomic E-state index is 0. The molecule has 0 unspecified atom stereocenters. The van der Waals surface area contributed by atoms with E-state index in [2.05, 4.69) is 0 Å². The van der Waals surface area contributed by atoms with Gasteiger partial charge in [-0.15, -0.1) is 12.4 Å². The molecule has 0 aromatic carbocycles. The number of halogens is 4. The third kappa shape index (κ3) is 3.83. The van der Waals surface area contributed by atoms with E-state index in [4.69, 9.17) is 10.5 Å². The number of alkyl halides is 3. The first-order chi connectivity index (χ1) is 6.60. The highest BCUT2D eigenvalue weighted by atomic mass is 35.5. The molecule has 0 spiro atoms. The molecule has 1 aliphatic rings. The van der Waals surface area contributed by atoms with Crippen LogP contribution in [0.2, 0.25) is 0 Å². The monoisotopic (exact) mass is 261 g/mol. The van der Waals surface area contributed by atoms with Gasteiger partial charge >= 0.3 is 12.1 Å². The summed E-state index contributed by atoms with van der Waals surface area (Å²) < 4.78 is 41.1. The molecule has 1 rings (SSSR count). The molecule has 7 heteroatoms. The molecule has 1 fully saturated rings. The number of nitrogens with two attached hydrogens (primary N) is 1. The van der Waals surface area contributed by atoms with E-state index in [0.29, 0.717) is 0 Å². The topological polar surface area (TPSA) is 52.3 Å². The number of esters is 1. The fourth-order valence-corrected chi connectivity index (χ4v) is 1.23. The molecule has 3 nitrogen and oxygen atoms in total. The molecule has 0 aromatic rings. The third-order valence-electron chi connectivity index (χ3n) is 2.36. The lowest BCUT2D eigenvalue weighted by Gasteiger charge is -2.36. The Labute approximate surface area is 97.9 Å². The van der Waals surface area contributed by atoms with E-state index in [9.17, 15) is 18.0 Å². The molecule has 0 heterocycles. The molecule has 0 bridgehead atoms. The summed E-state index contributed by atoms with van der Waals surface area (Å²) in [6.45, 7) is 2.91. The van der Waals surface area contributed by atoms with Gasteiger partial charge in [0.05, 0.1) is 5.92 Å². The van der Waals surface area contributed by atoms with Crippen LogP contribution in [0.25, 0.3) is 0 Å². The van der Waals surface area contributed by atoms with Crippen LogP contribution in [0.15, 0.2) is 0 Å². The average Bonchev–Trinajstić information content (AvgIpc) is 1.90. The SMILES string of the molecule is CC(C)(N)C(=O)OC1CC(C(F)(F)F)C1.Cl. The third-order valence-corrected chi connectivity index (χ3v) is 2.36. The van der Waals surface area contributed by atoms with E-state index >= 15 is 0 Å². The van der Waals surface area contributed by atoms with E-state index in [1.165, 1.54) is 13.8 Å². The Morgan fingerprint density at radius 1 is 1.31 bits per heavy atom. The van der Waals surface area contributed by atoms with E-state index in [-0.39, 0.29) is 25.2 Å². The summed E-state index contributed by atoms with van der Waals surface area (Å²) in [5, 5.41) is 0. The average molecular weight is 262 g/mol. The first-order valence-electron chi connectivity index (χ1n) is 4.67. The molecule has 0 amide bonds. The first-order valence-corrected chi connectivity index (χ1v) is 4.67. The Balaban J connectivity index is 0.00000225. The van der Waals surface area contributed by atoms with Crippen molar-refractivity contribution in [3.8, 4) is 0 Å². The molecule has 96 valence electrons. The summed E-state index contributed by atoms with van der Waals surface area (Å²) in [6, 6.07) is 0. The normalized spacial score (nSPS) is 25.4. The summed E-state index contributed by atoms with van der Waals surface area (Å²) in [4.78, 5) is 11.2. The number of rotatable bonds is 2. The van der Waals surface area contributed by atoms with Gasteiger partial charge < -0.3 is 10.5 Å². The maximum atomic E-state index is 12.1.